The normalized spacial score (nSPS) is 23.3. The van der Waals surface area contributed by atoms with E-state index in [2.05, 4.69) is 10.3 Å². The Balaban J connectivity index is 2.74. The Morgan fingerprint density at radius 3 is 2.82 bits per heavy atom. The molecule has 1 heterocycles. The second-order valence-electron chi connectivity index (χ2n) is 2.45. The van der Waals surface area contributed by atoms with Crippen molar-refractivity contribution in [2.45, 2.75) is 19.9 Å². The van der Waals surface area contributed by atoms with Crippen LogP contribution in [-0.2, 0) is 4.79 Å². The van der Waals surface area contributed by atoms with Crippen molar-refractivity contribution in [3.63, 3.8) is 0 Å². The average molecular weight is 154 g/mol. The van der Waals surface area contributed by atoms with Crippen molar-refractivity contribution in [3.05, 3.63) is 11.4 Å². The average Bonchev–Trinajstić information content (AvgIpc) is 1.94. The number of aliphatic carboxylic acids is 1. The number of rotatable bonds is 1. The van der Waals surface area contributed by atoms with E-state index in [0.717, 1.165) is 11.4 Å². The second kappa shape index (κ2) is 2.74. The number of hydrogen-bond acceptors (Lipinski definition) is 3. The summed E-state index contributed by atoms with van der Waals surface area (Å²) >= 11 is 0. The lowest BCUT2D eigenvalue weighted by molar-refractivity contribution is -0.137. The Bertz CT molecular complexity index is 243. The van der Waals surface area contributed by atoms with Crippen LogP contribution in [0.3, 0.4) is 0 Å². The lowest BCUT2D eigenvalue weighted by Gasteiger charge is -2.16. The summed E-state index contributed by atoms with van der Waals surface area (Å²) in [4.78, 5) is 14.4. The molecule has 0 aromatic rings. The maximum Gasteiger partial charge on any atom is 0.331 e. The van der Waals surface area contributed by atoms with Crippen LogP contribution < -0.4 is 5.32 Å². The van der Waals surface area contributed by atoms with Crippen LogP contribution >= 0.6 is 0 Å². The number of hydrogen-bond donors (Lipinski definition) is 2. The van der Waals surface area contributed by atoms with Gasteiger partial charge in [-0.1, -0.05) is 0 Å². The third-order valence-corrected chi connectivity index (χ3v) is 1.60. The predicted octanol–water partition coefficient (Wildman–Crippen LogP) is 0.365. The van der Waals surface area contributed by atoms with E-state index in [1.165, 1.54) is 6.21 Å². The number of nitrogens with zero attached hydrogens (tertiary/aromatic N) is 1. The van der Waals surface area contributed by atoms with Gasteiger partial charge >= 0.3 is 5.97 Å². The number of aliphatic imine (C=N–C) groups is 1. The van der Waals surface area contributed by atoms with Crippen LogP contribution in [0.15, 0.2) is 16.4 Å². The molecule has 1 aliphatic heterocycles. The molecule has 0 aromatic carbocycles. The summed E-state index contributed by atoms with van der Waals surface area (Å²) in [6.45, 7) is 3.64. The summed E-state index contributed by atoms with van der Waals surface area (Å²) in [7, 11) is 0. The van der Waals surface area contributed by atoms with Gasteiger partial charge in [-0.15, -0.1) is 0 Å². The van der Waals surface area contributed by atoms with Gasteiger partial charge in [0.05, 0.1) is 5.70 Å². The van der Waals surface area contributed by atoms with Gasteiger partial charge in [0.15, 0.2) is 6.04 Å². The van der Waals surface area contributed by atoms with Crippen molar-refractivity contribution in [3.8, 4) is 0 Å². The van der Waals surface area contributed by atoms with E-state index in [4.69, 9.17) is 5.11 Å². The van der Waals surface area contributed by atoms with E-state index >= 15 is 0 Å². The highest BCUT2D eigenvalue weighted by molar-refractivity contribution is 5.94. The monoisotopic (exact) mass is 154 g/mol. The highest BCUT2D eigenvalue weighted by atomic mass is 16.4. The third kappa shape index (κ3) is 1.58. The van der Waals surface area contributed by atoms with Crippen molar-refractivity contribution in [1.82, 2.24) is 5.32 Å². The first-order valence-corrected chi connectivity index (χ1v) is 3.32. The lowest BCUT2D eigenvalue weighted by Crippen LogP contribution is -2.39. The topological polar surface area (TPSA) is 61.7 Å². The standard InChI is InChI=1S/C7H10N2O2/c1-4-5(2)9-6(3-8-4)7(10)11/h3,6,9H,1-2H3,(H,10,11)/t6-/m1/s1. The minimum Gasteiger partial charge on any atom is -0.479 e. The van der Waals surface area contributed by atoms with E-state index in [1.54, 1.807) is 0 Å². The zero-order valence-electron chi connectivity index (χ0n) is 6.46. The fraction of sp³-hybridized carbons (Fsp3) is 0.429. The van der Waals surface area contributed by atoms with Gasteiger partial charge in [-0.3, -0.25) is 4.99 Å². The predicted molar refractivity (Wildman–Crippen MR) is 41.4 cm³/mol. The molecule has 0 saturated carbocycles. The zero-order valence-corrected chi connectivity index (χ0v) is 6.46. The molecule has 0 amide bonds. The highest BCUT2D eigenvalue weighted by Gasteiger charge is 2.17. The van der Waals surface area contributed by atoms with Gasteiger partial charge in [0.25, 0.3) is 0 Å². The number of nitrogens with one attached hydrogen (secondary N) is 1. The first-order valence-electron chi connectivity index (χ1n) is 3.32. The number of carboxylic acids is 1. The van der Waals surface area contributed by atoms with E-state index < -0.39 is 12.0 Å². The molecule has 4 nitrogen and oxygen atoms in total. The first-order chi connectivity index (χ1) is 5.11. The smallest absolute Gasteiger partial charge is 0.331 e. The molecule has 1 rings (SSSR count). The molecule has 0 unspecified atom stereocenters. The summed E-state index contributed by atoms with van der Waals surface area (Å²) in [6.07, 6.45) is 1.39. The molecule has 0 radical (unpaired) electrons. The van der Waals surface area contributed by atoms with Crippen LogP contribution in [0.1, 0.15) is 13.8 Å². The van der Waals surface area contributed by atoms with E-state index in [0.29, 0.717) is 0 Å². The highest BCUT2D eigenvalue weighted by Crippen LogP contribution is 2.06. The number of carbonyl (C=O) groups is 1. The van der Waals surface area contributed by atoms with E-state index in [-0.39, 0.29) is 0 Å². The molecular formula is C7H10N2O2. The van der Waals surface area contributed by atoms with Crippen molar-refractivity contribution >= 4 is 12.2 Å². The van der Waals surface area contributed by atoms with Gasteiger partial charge in [0, 0.05) is 11.9 Å². The molecule has 11 heavy (non-hydrogen) atoms. The van der Waals surface area contributed by atoms with E-state index in [1.807, 2.05) is 13.8 Å². The summed E-state index contributed by atoms with van der Waals surface area (Å²) in [5.41, 5.74) is 1.66. The summed E-state index contributed by atoms with van der Waals surface area (Å²) in [5, 5.41) is 11.4. The molecule has 60 valence electrons. The number of carboxylic acid groups (broad SMARTS) is 1. The van der Waals surface area contributed by atoms with Crippen molar-refractivity contribution in [2.75, 3.05) is 0 Å². The molecule has 0 aromatic heterocycles. The Morgan fingerprint density at radius 1 is 1.73 bits per heavy atom. The van der Waals surface area contributed by atoms with Crippen LogP contribution in [-0.4, -0.2) is 23.3 Å². The van der Waals surface area contributed by atoms with Gasteiger partial charge in [0.1, 0.15) is 0 Å². The summed E-state index contributed by atoms with van der Waals surface area (Å²) < 4.78 is 0. The largest absolute Gasteiger partial charge is 0.479 e. The minimum absolute atomic E-state index is 0.668. The second-order valence-corrected chi connectivity index (χ2v) is 2.45. The molecule has 0 saturated heterocycles. The molecule has 0 spiro atoms. The zero-order chi connectivity index (χ0) is 8.43. The molecular weight excluding hydrogens is 144 g/mol. The molecule has 2 N–H and O–H groups in total. The molecule has 1 aliphatic rings. The van der Waals surface area contributed by atoms with Crippen molar-refractivity contribution in [1.29, 1.82) is 0 Å². The van der Waals surface area contributed by atoms with Gasteiger partial charge in [-0.25, -0.2) is 4.79 Å². The van der Waals surface area contributed by atoms with Crippen LogP contribution in [0.25, 0.3) is 0 Å². The maximum absolute atomic E-state index is 10.4. The van der Waals surface area contributed by atoms with Crippen molar-refractivity contribution < 1.29 is 9.90 Å². The van der Waals surface area contributed by atoms with Gasteiger partial charge in [-0.2, -0.15) is 0 Å². The SMILES string of the molecule is CC1=C(C)N[C@@H](C(=O)O)C=N1. The fourth-order valence-corrected chi connectivity index (χ4v) is 0.784. The van der Waals surface area contributed by atoms with Crippen LogP contribution in [0, 0.1) is 0 Å². The van der Waals surface area contributed by atoms with Gasteiger partial charge in [0.2, 0.25) is 0 Å². The Hall–Kier alpha value is -1.32. The Kier molecular flexibility index (Phi) is 1.94. The maximum atomic E-state index is 10.4. The molecule has 0 aliphatic carbocycles. The van der Waals surface area contributed by atoms with Crippen LogP contribution in [0.4, 0.5) is 0 Å². The van der Waals surface area contributed by atoms with E-state index in [9.17, 15) is 4.79 Å². The quantitative estimate of drug-likeness (QED) is 0.573. The molecule has 0 fully saturated rings. The van der Waals surface area contributed by atoms with Gasteiger partial charge in [-0.05, 0) is 13.8 Å². The van der Waals surface area contributed by atoms with Gasteiger partial charge < -0.3 is 10.4 Å². The Labute approximate surface area is 64.6 Å². The number of allylic oxidation sites excluding steroid dienone is 2. The lowest BCUT2D eigenvalue weighted by atomic mass is 10.2. The van der Waals surface area contributed by atoms with Crippen LogP contribution in [0.5, 0.6) is 0 Å². The minimum atomic E-state index is -0.902. The fourth-order valence-electron chi connectivity index (χ4n) is 0.784. The Morgan fingerprint density at radius 2 is 2.36 bits per heavy atom. The van der Waals surface area contributed by atoms with Crippen LogP contribution in [0.2, 0.25) is 0 Å². The third-order valence-electron chi connectivity index (χ3n) is 1.60. The summed E-state index contributed by atoms with van der Waals surface area (Å²) in [6, 6.07) is -0.668. The summed E-state index contributed by atoms with van der Waals surface area (Å²) in [5.74, 6) is -0.902. The first kappa shape index (κ1) is 7.78. The van der Waals surface area contributed by atoms with Crippen molar-refractivity contribution in [2.24, 2.45) is 4.99 Å². The molecule has 0 bridgehead atoms. The molecule has 1 atom stereocenters. The molecule has 4 heteroatoms.